The van der Waals surface area contributed by atoms with Crippen LogP contribution in [0.3, 0.4) is 0 Å². The third-order valence-corrected chi connectivity index (χ3v) is 6.01. The van der Waals surface area contributed by atoms with Gasteiger partial charge in [-0.05, 0) is 23.6 Å². The number of hydrogen-bond acceptors (Lipinski definition) is 6. The Morgan fingerprint density at radius 3 is 2.86 bits per heavy atom. The van der Waals surface area contributed by atoms with E-state index in [1.165, 1.54) is 34.8 Å². The lowest BCUT2D eigenvalue weighted by Gasteiger charge is -2.25. The monoisotopic (exact) mass is 416 g/mol. The Bertz CT molecular complexity index is 1000. The van der Waals surface area contributed by atoms with Gasteiger partial charge in [0.1, 0.15) is 5.82 Å². The molecule has 144 valence electrons. The maximum absolute atomic E-state index is 13.7. The van der Waals surface area contributed by atoms with Crippen molar-refractivity contribution in [3.8, 4) is 0 Å². The third-order valence-electron chi connectivity index (χ3n) is 4.33. The molecular weight excluding hydrogens is 399 g/mol. The number of halogens is 1. The molecule has 0 atom stereocenters. The molecule has 0 bridgehead atoms. The van der Waals surface area contributed by atoms with Crippen molar-refractivity contribution in [2.75, 3.05) is 23.7 Å². The van der Waals surface area contributed by atoms with Crippen molar-refractivity contribution in [3.63, 3.8) is 0 Å². The van der Waals surface area contributed by atoms with E-state index in [2.05, 4.69) is 15.6 Å². The van der Waals surface area contributed by atoms with Crippen molar-refractivity contribution >= 4 is 45.3 Å². The Kier molecular flexibility index (Phi) is 5.47. The van der Waals surface area contributed by atoms with Gasteiger partial charge in [-0.3, -0.25) is 19.8 Å². The standard InChI is InChI=1S/C19H17FN4O2S2/c20-13-3-1-2-4-14(13)21-17(25)10-24-7-5-15-16(9-24)28-19(22-15)23-18(26)12-6-8-27-11-12/h1-4,6,8,11H,5,7,9-10H2,(H,21,25)(H,22,23,26). The number of carbonyl (C=O) groups excluding carboxylic acids is 2. The van der Waals surface area contributed by atoms with Gasteiger partial charge in [0.05, 0.1) is 23.5 Å². The molecule has 2 aromatic heterocycles. The van der Waals surface area contributed by atoms with Crippen LogP contribution in [0.1, 0.15) is 20.9 Å². The molecule has 1 aromatic carbocycles. The molecule has 1 aliphatic rings. The van der Waals surface area contributed by atoms with Crippen LogP contribution < -0.4 is 10.6 Å². The van der Waals surface area contributed by atoms with E-state index in [9.17, 15) is 14.0 Å². The minimum Gasteiger partial charge on any atom is -0.322 e. The zero-order chi connectivity index (χ0) is 19.5. The first-order chi connectivity index (χ1) is 13.6. The highest BCUT2D eigenvalue weighted by molar-refractivity contribution is 7.16. The topological polar surface area (TPSA) is 74.3 Å². The molecular formula is C19H17FN4O2S2. The Hall–Kier alpha value is -2.62. The van der Waals surface area contributed by atoms with E-state index in [4.69, 9.17) is 0 Å². The number of nitrogens with zero attached hydrogens (tertiary/aromatic N) is 2. The number of thiophene rings is 1. The van der Waals surface area contributed by atoms with Gasteiger partial charge in [-0.1, -0.05) is 12.1 Å². The Balaban J connectivity index is 1.35. The van der Waals surface area contributed by atoms with Gasteiger partial charge < -0.3 is 5.32 Å². The molecule has 1 aliphatic heterocycles. The van der Waals surface area contributed by atoms with E-state index in [-0.39, 0.29) is 24.0 Å². The van der Waals surface area contributed by atoms with E-state index >= 15 is 0 Å². The number of para-hydroxylation sites is 1. The summed E-state index contributed by atoms with van der Waals surface area (Å²) >= 11 is 2.89. The van der Waals surface area contributed by atoms with Crippen LogP contribution in [0.4, 0.5) is 15.2 Å². The van der Waals surface area contributed by atoms with Gasteiger partial charge in [0, 0.05) is 29.8 Å². The molecule has 28 heavy (non-hydrogen) atoms. The molecule has 0 radical (unpaired) electrons. The van der Waals surface area contributed by atoms with Crippen molar-refractivity contribution in [2.24, 2.45) is 0 Å². The summed E-state index contributed by atoms with van der Waals surface area (Å²) in [6.07, 6.45) is 0.702. The van der Waals surface area contributed by atoms with Crippen LogP contribution in [0.25, 0.3) is 0 Å². The number of benzene rings is 1. The Morgan fingerprint density at radius 2 is 2.07 bits per heavy atom. The molecule has 2 amide bonds. The van der Waals surface area contributed by atoms with Gasteiger partial charge in [-0.25, -0.2) is 9.37 Å². The molecule has 6 nitrogen and oxygen atoms in total. The summed E-state index contributed by atoms with van der Waals surface area (Å²) in [5, 5.41) is 9.65. The predicted octanol–water partition coefficient (Wildman–Crippen LogP) is 3.59. The summed E-state index contributed by atoms with van der Waals surface area (Å²) in [4.78, 5) is 31.9. The van der Waals surface area contributed by atoms with Gasteiger partial charge in [0.15, 0.2) is 5.13 Å². The number of anilines is 2. The second kappa shape index (κ2) is 8.17. The van der Waals surface area contributed by atoms with E-state index in [1.807, 2.05) is 10.3 Å². The van der Waals surface area contributed by atoms with Gasteiger partial charge in [0.2, 0.25) is 5.91 Å². The minimum absolute atomic E-state index is 0.169. The summed E-state index contributed by atoms with van der Waals surface area (Å²) in [6, 6.07) is 7.87. The SMILES string of the molecule is O=C(CN1CCc2nc(NC(=O)c3ccsc3)sc2C1)Nc1ccccc1F. The molecule has 2 N–H and O–H groups in total. The molecule has 0 saturated carbocycles. The first-order valence-corrected chi connectivity index (χ1v) is 10.4. The quantitative estimate of drug-likeness (QED) is 0.667. The average molecular weight is 417 g/mol. The molecule has 0 aliphatic carbocycles. The summed E-state index contributed by atoms with van der Waals surface area (Å²) < 4.78 is 13.7. The first-order valence-electron chi connectivity index (χ1n) is 8.67. The van der Waals surface area contributed by atoms with Gasteiger partial charge >= 0.3 is 0 Å². The fourth-order valence-corrected chi connectivity index (χ4v) is 4.64. The number of fused-ring (bicyclic) bond motifs is 1. The van der Waals surface area contributed by atoms with Crippen molar-refractivity contribution in [1.29, 1.82) is 0 Å². The van der Waals surface area contributed by atoms with Gasteiger partial charge in [0.25, 0.3) is 5.91 Å². The second-order valence-corrected chi connectivity index (χ2v) is 8.21. The maximum Gasteiger partial charge on any atom is 0.258 e. The highest BCUT2D eigenvalue weighted by Gasteiger charge is 2.23. The highest BCUT2D eigenvalue weighted by atomic mass is 32.1. The fourth-order valence-electron chi connectivity index (χ4n) is 2.96. The number of thiazole rings is 1. The smallest absolute Gasteiger partial charge is 0.258 e. The van der Waals surface area contributed by atoms with Crippen LogP contribution in [-0.4, -0.2) is 34.8 Å². The molecule has 3 aromatic rings. The van der Waals surface area contributed by atoms with Crippen LogP contribution >= 0.6 is 22.7 Å². The molecule has 9 heteroatoms. The molecule has 3 heterocycles. The van der Waals surface area contributed by atoms with Gasteiger partial charge in [-0.15, -0.1) is 11.3 Å². The lowest BCUT2D eigenvalue weighted by molar-refractivity contribution is -0.117. The zero-order valence-electron chi connectivity index (χ0n) is 14.8. The molecule has 4 rings (SSSR count). The fraction of sp³-hybridized carbons (Fsp3) is 0.211. The highest BCUT2D eigenvalue weighted by Crippen LogP contribution is 2.28. The molecule has 0 spiro atoms. The number of rotatable bonds is 5. The second-order valence-electron chi connectivity index (χ2n) is 6.34. The van der Waals surface area contributed by atoms with Gasteiger partial charge in [-0.2, -0.15) is 11.3 Å². The van der Waals surface area contributed by atoms with Crippen molar-refractivity contribution in [1.82, 2.24) is 9.88 Å². The van der Waals surface area contributed by atoms with Crippen molar-refractivity contribution in [2.45, 2.75) is 13.0 Å². The van der Waals surface area contributed by atoms with Crippen molar-refractivity contribution < 1.29 is 14.0 Å². The summed E-state index contributed by atoms with van der Waals surface area (Å²) in [7, 11) is 0. The van der Waals surface area contributed by atoms with Crippen LogP contribution in [0.15, 0.2) is 41.1 Å². The average Bonchev–Trinajstić information content (AvgIpc) is 3.32. The third kappa shape index (κ3) is 4.27. The van der Waals surface area contributed by atoms with E-state index in [0.717, 1.165) is 10.6 Å². The van der Waals surface area contributed by atoms with E-state index in [1.54, 1.807) is 23.6 Å². The predicted molar refractivity (Wildman–Crippen MR) is 108 cm³/mol. The lowest BCUT2D eigenvalue weighted by atomic mass is 10.2. The van der Waals surface area contributed by atoms with Crippen LogP contribution in [0.5, 0.6) is 0 Å². The Morgan fingerprint density at radius 1 is 1.21 bits per heavy atom. The largest absolute Gasteiger partial charge is 0.322 e. The minimum atomic E-state index is -0.453. The first kappa shape index (κ1) is 18.7. The Labute approximate surface area is 169 Å². The molecule has 0 saturated heterocycles. The molecule has 0 fully saturated rings. The summed E-state index contributed by atoms with van der Waals surface area (Å²) in [5.41, 5.74) is 1.75. The summed E-state index contributed by atoms with van der Waals surface area (Å²) in [6.45, 7) is 1.42. The number of amides is 2. The van der Waals surface area contributed by atoms with Crippen LogP contribution in [0.2, 0.25) is 0 Å². The van der Waals surface area contributed by atoms with Crippen molar-refractivity contribution in [3.05, 3.63) is 63.0 Å². The zero-order valence-corrected chi connectivity index (χ0v) is 16.4. The maximum atomic E-state index is 13.7. The van der Waals surface area contributed by atoms with Crippen LogP contribution in [0, 0.1) is 5.82 Å². The lowest BCUT2D eigenvalue weighted by Crippen LogP contribution is -2.36. The van der Waals surface area contributed by atoms with Crippen LogP contribution in [-0.2, 0) is 17.8 Å². The summed E-state index contributed by atoms with van der Waals surface area (Å²) in [5.74, 6) is -0.886. The van der Waals surface area contributed by atoms with E-state index in [0.29, 0.717) is 30.2 Å². The number of aromatic nitrogens is 1. The number of nitrogens with one attached hydrogen (secondary N) is 2. The molecule has 0 unspecified atom stereocenters. The normalized spacial score (nSPS) is 13.8. The number of hydrogen-bond donors (Lipinski definition) is 2. The van der Waals surface area contributed by atoms with E-state index < -0.39 is 5.82 Å². The number of carbonyl (C=O) groups is 2.